The molecule has 2 rings (SSSR count). The minimum atomic E-state index is -0.275. The number of benzene rings is 1. The number of aromatic nitrogens is 3. The van der Waals surface area contributed by atoms with Crippen molar-refractivity contribution in [2.75, 3.05) is 5.32 Å². The van der Waals surface area contributed by atoms with Gasteiger partial charge in [0.2, 0.25) is 5.95 Å². The van der Waals surface area contributed by atoms with Crippen molar-refractivity contribution in [1.29, 1.82) is 0 Å². The van der Waals surface area contributed by atoms with Gasteiger partial charge in [0.05, 0.1) is 0 Å². The van der Waals surface area contributed by atoms with Crippen LogP contribution in [0.5, 0.6) is 0 Å². The Bertz CT molecular complexity index is 518. The lowest BCUT2D eigenvalue weighted by atomic mass is 10.1. The summed E-state index contributed by atoms with van der Waals surface area (Å²) < 4.78 is 0. The predicted molar refractivity (Wildman–Crippen MR) is 61.8 cm³/mol. The van der Waals surface area contributed by atoms with Crippen LogP contribution in [0.15, 0.2) is 35.3 Å². The number of anilines is 2. The van der Waals surface area contributed by atoms with E-state index in [2.05, 4.69) is 27.4 Å². The molecule has 0 spiro atoms. The van der Waals surface area contributed by atoms with Gasteiger partial charge < -0.3 is 5.32 Å². The number of rotatable bonds is 3. The van der Waals surface area contributed by atoms with Gasteiger partial charge in [-0.1, -0.05) is 19.1 Å². The van der Waals surface area contributed by atoms with Crippen LogP contribution in [0.1, 0.15) is 12.5 Å². The molecular weight excluding hydrogens is 204 g/mol. The maximum atomic E-state index is 11.0. The zero-order chi connectivity index (χ0) is 11.4. The summed E-state index contributed by atoms with van der Waals surface area (Å²) in [6.45, 7) is 2.10. The van der Waals surface area contributed by atoms with E-state index in [-0.39, 0.29) is 5.56 Å². The van der Waals surface area contributed by atoms with E-state index in [0.717, 1.165) is 18.3 Å². The number of aryl methyl sites for hydroxylation is 1. The molecule has 0 atom stereocenters. The molecular formula is C11H12N4O. The Labute approximate surface area is 92.6 Å². The van der Waals surface area contributed by atoms with Gasteiger partial charge in [0.15, 0.2) is 0 Å². The van der Waals surface area contributed by atoms with Crippen LogP contribution in [0.25, 0.3) is 0 Å². The molecule has 2 N–H and O–H groups in total. The second-order valence-electron chi connectivity index (χ2n) is 3.36. The van der Waals surface area contributed by atoms with Gasteiger partial charge in [0.1, 0.15) is 6.20 Å². The summed E-state index contributed by atoms with van der Waals surface area (Å²) in [4.78, 5) is 13.5. The molecule has 0 saturated carbocycles. The van der Waals surface area contributed by atoms with Crippen molar-refractivity contribution in [3.63, 3.8) is 0 Å². The highest BCUT2D eigenvalue weighted by Gasteiger charge is 1.97. The molecule has 5 nitrogen and oxygen atoms in total. The van der Waals surface area contributed by atoms with Crippen molar-refractivity contribution in [2.24, 2.45) is 0 Å². The van der Waals surface area contributed by atoms with Gasteiger partial charge in [-0.25, -0.2) is 0 Å². The van der Waals surface area contributed by atoms with Crippen LogP contribution in [0.2, 0.25) is 0 Å². The van der Waals surface area contributed by atoms with Gasteiger partial charge in [-0.15, -0.1) is 10.2 Å². The minimum Gasteiger partial charge on any atom is -0.324 e. The molecule has 1 heterocycles. The lowest BCUT2D eigenvalue weighted by Crippen LogP contribution is -2.10. The molecule has 5 heteroatoms. The molecule has 0 bridgehead atoms. The van der Waals surface area contributed by atoms with E-state index in [4.69, 9.17) is 0 Å². The molecule has 0 amide bonds. The number of nitrogens with one attached hydrogen (secondary N) is 2. The van der Waals surface area contributed by atoms with Gasteiger partial charge >= 0.3 is 0 Å². The minimum absolute atomic E-state index is 0.275. The van der Waals surface area contributed by atoms with Crippen LogP contribution < -0.4 is 10.9 Å². The Kier molecular flexibility index (Phi) is 2.95. The van der Waals surface area contributed by atoms with Gasteiger partial charge in [0, 0.05) is 5.69 Å². The zero-order valence-electron chi connectivity index (χ0n) is 8.90. The van der Waals surface area contributed by atoms with E-state index in [9.17, 15) is 4.79 Å². The van der Waals surface area contributed by atoms with Gasteiger partial charge in [-0.2, -0.15) is 0 Å². The summed E-state index contributed by atoms with van der Waals surface area (Å²) in [5, 5.41) is 10.3. The molecule has 0 aliphatic rings. The normalized spacial score (nSPS) is 10.1. The molecule has 0 radical (unpaired) electrons. The van der Waals surface area contributed by atoms with Gasteiger partial charge in [-0.3, -0.25) is 9.78 Å². The average Bonchev–Trinajstić information content (AvgIpc) is 2.30. The van der Waals surface area contributed by atoms with Crippen molar-refractivity contribution < 1.29 is 0 Å². The lowest BCUT2D eigenvalue weighted by molar-refractivity contribution is 0.953. The zero-order valence-corrected chi connectivity index (χ0v) is 8.90. The van der Waals surface area contributed by atoms with E-state index >= 15 is 0 Å². The van der Waals surface area contributed by atoms with E-state index < -0.39 is 0 Å². The van der Waals surface area contributed by atoms with Gasteiger partial charge in [0.25, 0.3) is 5.56 Å². The molecule has 1 aromatic carbocycles. The molecule has 0 aliphatic heterocycles. The summed E-state index contributed by atoms with van der Waals surface area (Å²) in [6, 6.07) is 7.92. The maximum absolute atomic E-state index is 11.0. The smallest absolute Gasteiger partial charge is 0.271 e. The van der Waals surface area contributed by atoms with Crippen molar-refractivity contribution in [3.05, 3.63) is 46.4 Å². The first-order chi connectivity index (χ1) is 7.78. The van der Waals surface area contributed by atoms with Crippen LogP contribution >= 0.6 is 0 Å². The third kappa shape index (κ3) is 2.44. The number of H-pyrrole nitrogens is 1. The standard InChI is InChI=1S/C11H12N4O/c1-2-8-3-5-9(6-4-8)13-11-14-10(16)7-12-15-11/h3-7H,2H2,1H3,(H2,13,14,15,16). The Morgan fingerprint density at radius 3 is 2.69 bits per heavy atom. The third-order valence-electron chi connectivity index (χ3n) is 2.20. The quantitative estimate of drug-likeness (QED) is 0.815. The van der Waals surface area contributed by atoms with Crippen LogP contribution in [-0.2, 0) is 6.42 Å². The first kappa shape index (κ1) is 10.4. The number of hydrogen-bond donors (Lipinski definition) is 2. The van der Waals surface area contributed by atoms with Crippen molar-refractivity contribution in [3.8, 4) is 0 Å². The van der Waals surface area contributed by atoms with Crippen LogP contribution in [0, 0.1) is 0 Å². The Hall–Kier alpha value is -2.17. The van der Waals surface area contributed by atoms with Gasteiger partial charge in [-0.05, 0) is 24.1 Å². The number of hydrogen-bond acceptors (Lipinski definition) is 4. The highest BCUT2D eigenvalue weighted by atomic mass is 16.1. The van der Waals surface area contributed by atoms with Crippen LogP contribution in [-0.4, -0.2) is 15.2 Å². The topological polar surface area (TPSA) is 70.7 Å². The summed E-state index contributed by atoms with van der Waals surface area (Å²) in [7, 11) is 0. The lowest BCUT2D eigenvalue weighted by Gasteiger charge is -2.04. The van der Waals surface area contributed by atoms with E-state index in [0.29, 0.717) is 5.95 Å². The molecule has 0 aliphatic carbocycles. The first-order valence-corrected chi connectivity index (χ1v) is 5.06. The Balaban J connectivity index is 2.17. The maximum Gasteiger partial charge on any atom is 0.271 e. The summed E-state index contributed by atoms with van der Waals surface area (Å²) in [6.07, 6.45) is 2.13. The third-order valence-corrected chi connectivity index (χ3v) is 2.20. The Morgan fingerprint density at radius 2 is 2.06 bits per heavy atom. The molecule has 2 aromatic rings. The highest BCUT2D eigenvalue weighted by molar-refractivity contribution is 5.52. The monoisotopic (exact) mass is 216 g/mol. The molecule has 0 fully saturated rings. The second-order valence-corrected chi connectivity index (χ2v) is 3.36. The predicted octanol–water partition coefficient (Wildman–Crippen LogP) is 1.47. The second kappa shape index (κ2) is 4.57. The largest absolute Gasteiger partial charge is 0.324 e. The molecule has 0 saturated heterocycles. The molecule has 82 valence electrons. The van der Waals surface area contributed by atoms with Crippen LogP contribution in [0.4, 0.5) is 11.6 Å². The van der Waals surface area contributed by atoms with Crippen molar-refractivity contribution in [2.45, 2.75) is 13.3 Å². The fourth-order valence-electron chi connectivity index (χ4n) is 1.33. The Morgan fingerprint density at radius 1 is 1.31 bits per heavy atom. The van der Waals surface area contributed by atoms with Crippen LogP contribution in [0.3, 0.4) is 0 Å². The van der Waals surface area contributed by atoms with E-state index in [1.165, 1.54) is 5.56 Å². The average molecular weight is 216 g/mol. The SMILES string of the molecule is CCc1ccc(Nc2nncc(=O)[nH]2)cc1. The van der Waals surface area contributed by atoms with Crippen molar-refractivity contribution >= 4 is 11.6 Å². The fourth-order valence-corrected chi connectivity index (χ4v) is 1.33. The molecule has 0 unspecified atom stereocenters. The van der Waals surface area contributed by atoms with Crippen molar-refractivity contribution in [1.82, 2.24) is 15.2 Å². The summed E-state index contributed by atoms with van der Waals surface area (Å²) >= 11 is 0. The molecule has 1 aromatic heterocycles. The fraction of sp³-hybridized carbons (Fsp3) is 0.182. The molecule has 16 heavy (non-hydrogen) atoms. The highest BCUT2D eigenvalue weighted by Crippen LogP contribution is 2.12. The van der Waals surface area contributed by atoms with E-state index in [1.54, 1.807) is 0 Å². The number of aromatic amines is 1. The summed E-state index contributed by atoms with van der Waals surface area (Å²) in [5.41, 5.74) is 1.86. The first-order valence-electron chi connectivity index (χ1n) is 5.06. The number of nitrogens with zero attached hydrogens (tertiary/aromatic N) is 2. The van der Waals surface area contributed by atoms with E-state index in [1.807, 2.05) is 24.3 Å². The summed E-state index contributed by atoms with van der Waals surface area (Å²) in [5.74, 6) is 0.344.